The molecule has 1 N–H and O–H groups in total. The summed E-state index contributed by atoms with van der Waals surface area (Å²) in [5.74, 6) is 0.789. The molecule has 0 saturated heterocycles. The van der Waals surface area contributed by atoms with Crippen LogP contribution in [0.5, 0.6) is 5.75 Å². The molecular formula is C13H16O2. The van der Waals surface area contributed by atoms with Crippen LogP contribution in [-0.2, 0) is 0 Å². The van der Waals surface area contributed by atoms with Gasteiger partial charge < -0.3 is 5.11 Å². The topological polar surface area (TPSA) is 37.3 Å². The third kappa shape index (κ3) is 1.65. The number of benzene rings is 1. The van der Waals surface area contributed by atoms with Gasteiger partial charge in [0.25, 0.3) is 0 Å². The average Bonchev–Trinajstić information content (AvgIpc) is 2.97. The molecule has 1 saturated carbocycles. The Labute approximate surface area is 89.9 Å². The Kier molecular flexibility index (Phi) is 2.29. The smallest absolute Gasteiger partial charge is 0.166 e. The van der Waals surface area contributed by atoms with Gasteiger partial charge in [-0.3, -0.25) is 4.79 Å². The fourth-order valence-electron chi connectivity index (χ4n) is 1.99. The van der Waals surface area contributed by atoms with Crippen LogP contribution in [0.4, 0.5) is 0 Å². The number of phenols is 1. The van der Waals surface area contributed by atoms with Gasteiger partial charge in [-0.15, -0.1) is 0 Å². The number of carbonyl (C=O) groups is 1. The molecule has 0 radical (unpaired) electrons. The van der Waals surface area contributed by atoms with Crippen LogP contribution in [0.2, 0.25) is 0 Å². The quantitative estimate of drug-likeness (QED) is 0.752. The summed E-state index contributed by atoms with van der Waals surface area (Å²) in [7, 11) is 0. The van der Waals surface area contributed by atoms with Crippen LogP contribution < -0.4 is 0 Å². The molecule has 0 amide bonds. The summed E-state index contributed by atoms with van der Waals surface area (Å²) in [5, 5.41) is 9.63. The predicted molar refractivity (Wildman–Crippen MR) is 59.4 cm³/mol. The number of aryl methyl sites for hydroxylation is 1. The molecule has 1 aliphatic carbocycles. The lowest BCUT2D eigenvalue weighted by molar-refractivity contribution is 0.0966. The van der Waals surface area contributed by atoms with Gasteiger partial charge in [0.15, 0.2) is 5.78 Å². The van der Waals surface area contributed by atoms with E-state index in [0.717, 1.165) is 35.1 Å². The zero-order chi connectivity index (χ0) is 11.2. The number of phenolic OH excluding ortho intramolecular Hbond substituents is 1. The molecule has 2 rings (SSSR count). The van der Waals surface area contributed by atoms with Crippen molar-refractivity contribution in [1.82, 2.24) is 0 Å². The molecule has 0 heterocycles. The average molecular weight is 204 g/mol. The largest absolute Gasteiger partial charge is 0.508 e. The van der Waals surface area contributed by atoms with E-state index in [4.69, 9.17) is 0 Å². The Morgan fingerprint density at radius 2 is 1.87 bits per heavy atom. The lowest BCUT2D eigenvalue weighted by Crippen LogP contribution is -2.07. The van der Waals surface area contributed by atoms with E-state index in [1.165, 1.54) is 0 Å². The minimum absolute atomic E-state index is 0.242. The van der Waals surface area contributed by atoms with Gasteiger partial charge in [0, 0.05) is 11.5 Å². The van der Waals surface area contributed by atoms with E-state index in [0.29, 0.717) is 0 Å². The predicted octanol–water partition coefficient (Wildman–Crippen LogP) is 2.91. The highest BCUT2D eigenvalue weighted by molar-refractivity contribution is 6.02. The summed E-state index contributed by atoms with van der Waals surface area (Å²) in [6, 6.07) is 1.69. The summed E-state index contributed by atoms with van der Waals surface area (Å²) in [5.41, 5.74) is 3.48. The molecule has 2 heteroatoms. The Balaban J connectivity index is 2.54. The Bertz CT molecular complexity index is 429. The van der Waals surface area contributed by atoms with Gasteiger partial charge in [-0.1, -0.05) is 0 Å². The van der Waals surface area contributed by atoms with Gasteiger partial charge in [-0.05, 0) is 56.4 Å². The molecule has 0 atom stereocenters. The minimum atomic E-state index is 0.242. The van der Waals surface area contributed by atoms with Crippen molar-refractivity contribution in [2.24, 2.45) is 5.92 Å². The summed E-state index contributed by atoms with van der Waals surface area (Å²) in [6.45, 7) is 5.66. The van der Waals surface area contributed by atoms with Crippen molar-refractivity contribution in [3.63, 3.8) is 0 Å². The minimum Gasteiger partial charge on any atom is -0.508 e. The van der Waals surface area contributed by atoms with E-state index in [1.807, 2.05) is 20.8 Å². The normalized spacial score (nSPS) is 15.4. The van der Waals surface area contributed by atoms with Crippen LogP contribution in [0, 0.1) is 26.7 Å². The number of aromatic hydroxyl groups is 1. The molecule has 1 aromatic rings. The SMILES string of the molecule is Cc1cc(O)c(C)c(C)c1C(=O)C1CC1. The van der Waals surface area contributed by atoms with Crippen LogP contribution in [0.15, 0.2) is 6.07 Å². The van der Waals surface area contributed by atoms with Crippen LogP contribution >= 0.6 is 0 Å². The van der Waals surface area contributed by atoms with Crippen molar-refractivity contribution < 1.29 is 9.90 Å². The number of rotatable bonds is 2. The lowest BCUT2D eigenvalue weighted by atomic mass is 9.93. The first-order valence-corrected chi connectivity index (χ1v) is 5.36. The first kappa shape index (κ1) is 10.2. The molecule has 0 spiro atoms. The second-order valence-electron chi connectivity index (χ2n) is 4.48. The van der Waals surface area contributed by atoms with Crippen molar-refractivity contribution in [2.75, 3.05) is 0 Å². The van der Waals surface area contributed by atoms with Crippen molar-refractivity contribution in [3.8, 4) is 5.75 Å². The van der Waals surface area contributed by atoms with E-state index in [9.17, 15) is 9.90 Å². The highest BCUT2D eigenvalue weighted by Gasteiger charge is 2.32. The lowest BCUT2D eigenvalue weighted by Gasteiger charge is -2.12. The number of hydrogen-bond acceptors (Lipinski definition) is 2. The maximum absolute atomic E-state index is 12.0. The van der Waals surface area contributed by atoms with Crippen molar-refractivity contribution >= 4 is 5.78 Å². The molecule has 1 fully saturated rings. The van der Waals surface area contributed by atoms with E-state index >= 15 is 0 Å². The molecule has 0 aliphatic heterocycles. The maximum Gasteiger partial charge on any atom is 0.166 e. The molecule has 1 aromatic carbocycles. The maximum atomic E-state index is 12.0. The number of ketones is 1. The van der Waals surface area contributed by atoms with Crippen LogP contribution in [-0.4, -0.2) is 10.9 Å². The zero-order valence-corrected chi connectivity index (χ0v) is 9.42. The standard InChI is InChI=1S/C13H16O2/c1-7-6-11(14)8(2)9(3)12(7)13(15)10-4-5-10/h6,10,14H,4-5H2,1-3H3. The molecule has 0 unspecified atom stereocenters. The third-order valence-electron chi connectivity index (χ3n) is 3.26. The monoisotopic (exact) mass is 204 g/mol. The third-order valence-corrected chi connectivity index (χ3v) is 3.26. The van der Waals surface area contributed by atoms with E-state index in [2.05, 4.69) is 0 Å². The summed E-state index contributed by atoms with van der Waals surface area (Å²) in [6.07, 6.45) is 2.05. The van der Waals surface area contributed by atoms with Gasteiger partial charge in [0.1, 0.15) is 5.75 Å². The number of carbonyl (C=O) groups excluding carboxylic acids is 1. The first-order chi connectivity index (χ1) is 7.02. The van der Waals surface area contributed by atoms with Crippen LogP contribution in [0.3, 0.4) is 0 Å². The van der Waals surface area contributed by atoms with Gasteiger partial charge in [-0.25, -0.2) is 0 Å². The second-order valence-corrected chi connectivity index (χ2v) is 4.48. The van der Waals surface area contributed by atoms with E-state index in [-0.39, 0.29) is 17.5 Å². The molecule has 80 valence electrons. The van der Waals surface area contributed by atoms with Gasteiger partial charge >= 0.3 is 0 Å². The van der Waals surface area contributed by atoms with Crippen LogP contribution in [0.25, 0.3) is 0 Å². The molecule has 1 aliphatic rings. The molecule has 2 nitrogen and oxygen atoms in total. The summed E-state index contributed by atoms with van der Waals surface area (Å²) in [4.78, 5) is 12.0. The van der Waals surface area contributed by atoms with E-state index in [1.54, 1.807) is 6.07 Å². The van der Waals surface area contributed by atoms with Crippen molar-refractivity contribution in [2.45, 2.75) is 33.6 Å². The highest BCUT2D eigenvalue weighted by atomic mass is 16.3. The molecule has 0 aromatic heterocycles. The summed E-state index contributed by atoms with van der Waals surface area (Å²) < 4.78 is 0. The second kappa shape index (κ2) is 3.37. The van der Waals surface area contributed by atoms with E-state index < -0.39 is 0 Å². The molecular weight excluding hydrogens is 188 g/mol. The van der Waals surface area contributed by atoms with Gasteiger partial charge in [-0.2, -0.15) is 0 Å². The highest BCUT2D eigenvalue weighted by Crippen LogP contribution is 2.36. The Hall–Kier alpha value is -1.31. The van der Waals surface area contributed by atoms with Crippen molar-refractivity contribution in [3.05, 3.63) is 28.3 Å². The number of Topliss-reactive ketones (excluding diaryl/α,β-unsaturated/α-hetero) is 1. The number of hydrogen-bond donors (Lipinski definition) is 1. The Morgan fingerprint density at radius 3 is 2.40 bits per heavy atom. The van der Waals surface area contributed by atoms with Gasteiger partial charge in [0.2, 0.25) is 0 Å². The van der Waals surface area contributed by atoms with Gasteiger partial charge in [0.05, 0.1) is 0 Å². The van der Waals surface area contributed by atoms with Crippen molar-refractivity contribution in [1.29, 1.82) is 0 Å². The Morgan fingerprint density at radius 1 is 1.27 bits per heavy atom. The molecule has 15 heavy (non-hydrogen) atoms. The van der Waals surface area contributed by atoms with Crippen LogP contribution in [0.1, 0.15) is 39.9 Å². The zero-order valence-electron chi connectivity index (χ0n) is 9.42. The first-order valence-electron chi connectivity index (χ1n) is 5.36. The fourth-order valence-corrected chi connectivity index (χ4v) is 1.99. The molecule has 0 bridgehead atoms. The summed E-state index contributed by atoms with van der Waals surface area (Å²) >= 11 is 0. The fraction of sp³-hybridized carbons (Fsp3) is 0.462.